The molecule has 0 aliphatic heterocycles. The Morgan fingerprint density at radius 3 is 2.90 bits per heavy atom. The molecule has 0 bridgehead atoms. The van der Waals surface area contributed by atoms with E-state index >= 15 is 0 Å². The van der Waals surface area contributed by atoms with Crippen molar-refractivity contribution in [1.29, 1.82) is 0 Å². The predicted octanol–water partition coefficient (Wildman–Crippen LogP) is 1.30. The van der Waals surface area contributed by atoms with E-state index in [0.29, 0.717) is 22.6 Å². The van der Waals surface area contributed by atoms with Gasteiger partial charge >= 0.3 is 0 Å². The first-order valence-electron chi connectivity index (χ1n) is 6.07. The van der Waals surface area contributed by atoms with Crippen molar-refractivity contribution in [3.05, 3.63) is 28.9 Å². The molecule has 0 atom stereocenters. The fraction of sp³-hybridized carbons (Fsp3) is 0.333. The van der Waals surface area contributed by atoms with E-state index in [9.17, 15) is 4.79 Å². The summed E-state index contributed by atoms with van der Waals surface area (Å²) in [6.45, 7) is 3.08. The minimum Gasteiger partial charge on any atom is -0.481 e. The molecule has 2 rings (SSSR count). The molecule has 1 amide bonds. The van der Waals surface area contributed by atoms with Crippen LogP contribution in [0.5, 0.6) is 5.88 Å². The van der Waals surface area contributed by atoms with Crippen molar-refractivity contribution in [1.82, 2.24) is 20.5 Å². The topological polar surface area (TPSA) is 89.0 Å². The van der Waals surface area contributed by atoms with Gasteiger partial charge in [-0.15, -0.1) is 10.2 Å². The molecule has 0 saturated carbocycles. The van der Waals surface area contributed by atoms with Crippen LogP contribution in [-0.2, 0) is 6.54 Å². The number of ether oxygens (including phenoxy) is 1. The van der Waals surface area contributed by atoms with E-state index in [2.05, 4.69) is 25.8 Å². The Morgan fingerprint density at radius 2 is 2.25 bits per heavy atom. The number of hydrogen-bond donors (Lipinski definition) is 2. The normalized spacial score (nSPS) is 10.1. The Labute approximate surface area is 120 Å². The van der Waals surface area contributed by atoms with Gasteiger partial charge in [-0.2, -0.15) is 0 Å². The van der Waals surface area contributed by atoms with Crippen LogP contribution in [0, 0.1) is 0 Å². The van der Waals surface area contributed by atoms with Gasteiger partial charge in [0.15, 0.2) is 0 Å². The van der Waals surface area contributed by atoms with E-state index in [1.54, 1.807) is 19.4 Å². The lowest BCUT2D eigenvalue weighted by Crippen LogP contribution is -2.22. The quantitative estimate of drug-likeness (QED) is 0.834. The minimum absolute atomic E-state index is 0.248. The molecular formula is C12H15N5O2S. The maximum absolute atomic E-state index is 11.9. The third-order valence-corrected chi connectivity index (χ3v) is 3.29. The summed E-state index contributed by atoms with van der Waals surface area (Å²) in [6.07, 6.45) is 1.66. The number of rotatable bonds is 6. The number of nitrogens with one attached hydrogen (secondary N) is 2. The van der Waals surface area contributed by atoms with Crippen LogP contribution >= 0.6 is 11.3 Å². The molecule has 7 nitrogen and oxygen atoms in total. The van der Waals surface area contributed by atoms with Crippen LogP contribution < -0.4 is 15.4 Å². The molecule has 2 heterocycles. The van der Waals surface area contributed by atoms with Crippen LogP contribution in [0.15, 0.2) is 18.3 Å². The van der Waals surface area contributed by atoms with Crippen molar-refractivity contribution < 1.29 is 9.53 Å². The van der Waals surface area contributed by atoms with Gasteiger partial charge in [0.05, 0.1) is 7.11 Å². The Balaban J connectivity index is 1.90. The second-order valence-corrected chi connectivity index (χ2v) is 4.81. The third kappa shape index (κ3) is 3.64. The maximum atomic E-state index is 11.9. The summed E-state index contributed by atoms with van der Waals surface area (Å²) >= 11 is 1.23. The summed E-state index contributed by atoms with van der Waals surface area (Å²) in [7, 11) is 1.56. The van der Waals surface area contributed by atoms with Crippen LogP contribution in [-0.4, -0.2) is 34.7 Å². The molecule has 0 aliphatic rings. The number of anilines is 1. The van der Waals surface area contributed by atoms with E-state index in [1.165, 1.54) is 11.3 Å². The Morgan fingerprint density at radius 1 is 1.40 bits per heavy atom. The van der Waals surface area contributed by atoms with Gasteiger partial charge in [0, 0.05) is 25.4 Å². The Kier molecular flexibility index (Phi) is 4.83. The highest BCUT2D eigenvalue weighted by Gasteiger charge is 2.12. The minimum atomic E-state index is -0.248. The molecule has 0 unspecified atom stereocenters. The monoisotopic (exact) mass is 293 g/mol. The van der Waals surface area contributed by atoms with Crippen LogP contribution in [0.1, 0.15) is 22.3 Å². The third-order valence-electron chi connectivity index (χ3n) is 2.41. The van der Waals surface area contributed by atoms with Gasteiger partial charge in [-0.1, -0.05) is 17.4 Å². The Hall–Kier alpha value is -2.22. The Bertz CT molecular complexity index is 569. The van der Waals surface area contributed by atoms with Crippen LogP contribution in [0.2, 0.25) is 0 Å². The lowest BCUT2D eigenvalue weighted by atomic mass is 10.3. The fourth-order valence-electron chi connectivity index (χ4n) is 1.43. The molecule has 0 radical (unpaired) electrons. The molecule has 20 heavy (non-hydrogen) atoms. The molecule has 0 saturated heterocycles. The smallest absolute Gasteiger partial charge is 0.282 e. The molecule has 106 valence electrons. The number of methoxy groups -OCH3 is 1. The lowest BCUT2D eigenvalue weighted by Gasteiger charge is -2.03. The fourth-order valence-corrected chi connectivity index (χ4v) is 2.16. The summed E-state index contributed by atoms with van der Waals surface area (Å²) in [4.78, 5) is 16.0. The first-order valence-corrected chi connectivity index (χ1v) is 6.89. The van der Waals surface area contributed by atoms with Crippen molar-refractivity contribution >= 4 is 22.4 Å². The first kappa shape index (κ1) is 14.2. The van der Waals surface area contributed by atoms with Gasteiger partial charge in [-0.05, 0) is 12.5 Å². The number of hydrogen-bond acceptors (Lipinski definition) is 7. The zero-order chi connectivity index (χ0) is 14.4. The van der Waals surface area contributed by atoms with Gasteiger partial charge in [-0.25, -0.2) is 4.98 Å². The number of carbonyl (C=O) groups is 1. The molecule has 2 N–H and O–H groups in total. The average Bonchev–Trinajstić information content (AvgIpc) is 2.94. The van der Waals surface area contributed by atoms with Crippen molar-refractivity contribution in [3.63, 3.8) is 0 Å². The lowest BCUT2D eigenvalue weighted by molar-refractivity contribution is 0.0950. The zero-order valence-electron chi connectivity index (χ0n) is 11.2. The first-order chi connectivity index (χ1) is 9.72. The molecule has 0 fully saturated rings. The molecule has 8 heteroatoms. The number of aromatic nitrogens is 3. The van der Waals surface area contributed by atoms with Gasteiger partial charge in [0.1, 0.15) is 0 Å². The molecule has 2 aromatic heterocycles. The van der Waals surface area contributed by atoms with Crippen LogP contribution in [0.25, 0.3) is 0 Å². The van der Waals surface area contributed by atoms with Gasteiger partial charge in [0.2, 0.25) is 16.0 Å². The molecular weight excluding hydrogens is 278 g/mol. The van der Waals surface area contributed by atoms with Gasteiger partial charge in [-0.3, -0.25) is 4.79 Å². The largest absolute Gasteiger partial charge is 0.481 e. The van der Waals surface area contributed by atoms with Crippen LogP contribution in [0.3, 0.4) is 0 Å². The number of carbonyl (C=O) groups excluding carboxylic acids is 1. The van der Waals surface area contributed by atoms with E-state index in [4.69, 9.17) is 4.74 Å². The van der Waals surface area contributed by atoms with Crippen molar-refractivity contribution in [2.75, 3.05) is 19.0 Å². The standard InChI is InChI=1S/C12H15N5O2S/c1-3-13-12-17-16-11(20-12)10(18)15-7-8-4-5-9(19-2)14-6-8/h4-6H,3,7H2,1-2H3,(H,13,17)(H,15,18). The zero-order valence-corrected chi connectivity index (χ0v) is 12.0. The van der Waals surface area contributed by atoms with Crippen molar-refractivity contribution in [2.45, 2.75) is 13.5 Å². The predicted molar refractivity (Wildman–Crippen MR) is 76.0 cm³/mol. The highest BCUT2D eigenvalue weighted by atomic mass is 32.1. The summed E-state index contributed by atoms with van der Waals surface area (Å²) < 4.78 is 4.97. The number of nitrogens with zero attached hydrogens (tertiary/aromatic N) is 3. The summed E-state index contributed by atoms with van der Waals surface area (Å²) in [5, 5.41) is 14.5. The molecule has 0 aromatic carbocycles. The average molecular weight is 293 g/mol. The van der Waals surface area contributed by atoms with Gasteiger partial charge in [0.25, 0.3) is 5.91 Å². The highest BCUT2D eigenvalue weighted by molar-refractivity contribution is 7.17. The summed E-state index contributed by atoms with van der Waals surface area (Å²) in [5.41, 5.74) is 0.885. The van der Waals surface area contributed by atoms with Crippen molar-refractivity contribution in [2.24, 2.45) is 0 Å². The molecule has 2 aromatic rings. The van der Waals surface area contributed by atoms with E-state index in [-0.39, 0.29) is 5.91 Å². The number of pyridine rings is 1. The van der Waals surface area contributed by atoms with Crippen LogP contribution in [0.4, 0.5) is 5.13 Å². The van der Waals surface area contributed by atoms with E-state index < -0.39 is 0 Å². The van der Waals surface area contributed by atoms with E-state index in [1.807, 2.05) is 13.0 Å². The summed E-state index contributed by atoms with van der Waals surface area (Å²) in [5.74, 6) is 0.293. The molecule has 0 spiro atoms. The number of amides is 1. The van der Waals surface area contributed by atoms with Gasteiger partial charge < -0.3 is 15.4 Å². The highest BCUT2D eigenvalue weighted by Crippen LogP contribution is 2.14. The molecule has 0 aliphatic carbocycles. The maximum Gasteiger partial charge on any atom is 0.282 e. The summed E-state index contributed by atoms with van der Waals surface area (Å²) in [6, 6.07) is 3.59. The van der Waals surface area contributed by atoms with E-state index in [0.717, 1.165) is 12.1 Å². The second-order valence-electron chi connectivity index (χ2n) is 3.83. The second kappa shape index (κ2) is 6.80. The SMILES string of the molecule is CCNc1nnc(C(=O)NCc2ccc(OC)nc2)s1. The van der Waals surface area contributed by atoms with Crippen molar-refractivity contribution in [3.8, 4) is 5.88 Å².